The van der Waals surface area contributed by atoms with E-state index in [1.165, 1.54) is 5.69 Å². The van der Waals surface area contributed by atoms with Gasteiger partial charge in [0.25, 0.3) is 0 Å². The molecule has 2 heterocycles. The molecule has 0 N–H and O–H groups in total. The molecule has 0 amide bonds. The third-order valence-corrected chi connectivity index (χ3v) is 3.81. The first-order valence-corrected chi connectivity index (χ1v) is 6.73. The van der Waals surface area contributed by atoms with Crippen molar-refractivity contribution in [3.05, 3.63) is 35.0 Å². The van der Waals surface area contributed by atoms with Gasteiger partial charge in [-0.05, 0) is 43.5 Å². The highest BCUT2D eigenvalue weighted by Crippen LogP contribution is 2.30. The van der Waals surface area contributed by atoms with E-state index in [-0.39, 0.29) is 5.78 Å². The van der Waals surface area contributed by atoms with E-state index in [4.69, 9.17) is 5.26 Å². The summed E-state index contributed by atoms with van der Waals surface area (Å²) in [6, 6.07) is 8.51. The molecule has 0 saturated heterocycles. The molecular formula is C16H16N2O. The number of Topliss-reactive ketones (excluding diaryl/α,β-unsaturated/α-hetero) is 1. The molecule has 0 spiro atoms. The van der Waals surface area contributed by atoms with Crippen molar-refractivity contribution < 1.29 is 4.79 Å². The molecule has 96 valence electrons. The van der Waals surface area contributed by atoms with Crippen molar-refractivity contribution in [2.75, 3.05) is 0 Å². The van der Waals surface area contributed by atoms with Crippen LogP contribution in [0.2, 0.25) is 0 Å². The van der Waals surface area contributed by atoms with E-state index in [0.717, 1.165) is 41.4 Å². The minimum atomic E-state index is 0.253. The Kier molecular flexibility index (Phi) is 2.87. The predicted molar refractivity (Wildman–Crippen MR) is 74.2 cm³/mol. The van der Waals surface area contributed by atoms with Crippen LogP contribution in [0.1, 0.15) is 40.9 Å². The quantitative estimate of drug-likeness (QED) is 0.786. The average molecular weight is 252 g/mol. The fourth-order valence-corrected chi connectivity index (χ4v) is 2.99. The molecule has 0 radical (unpaired) electrons. The highest BCUT2D eigenvalue weighted by molar-refractivity contribution is 6.08. The van der Waals surface area contributed by atoms with Gasteiger partial charge in [0.2, 0.25) is 0 Å². The Labute approximate surface area is 112 Å². The van der Waals surface area contributed by atoms with E-state index in [9.17, 15) is 4.79 Å². The molecule has 0 saturated carbocycles. The van der Waals surface area contributed by atoms with Crippen molar-refractivity contribution in [3.63, 3.8) is 0 Å². The number of ketones is 1. The Morgan fingerprint density at radius 3 is 3.00 bits per heavy atom. The summed E-state index contributed by atoms with van der Waals surface area (Å²) >= 11 is 0. The smallest absolute Gasteiger partial charge is 0.166 e. The van der Waals surface area contributed by atoms with Gasteiger partial charge in [-0.2, -0.15) is 5.26 Å². The number of nitrogens with zero attached hydrogens (tertiary/aromatic N) is 2. The van der Waals surface area contributed by atoms with Crippen LogP contribution >= 0.6 is 0 Å². The van der Waals surface area contributed by atoms with Gasteiger partial charge >= 0.3 is 0 Å². The van der Waals surface area contributed by atoms with E-state index in [0.29, 0.717) is 12.8 Å². The molecule has 3 nitrogen and oxygen atoms in total. The molecule has 19 heavy (non-hydrogen) atoms. The monoisotopic (exact) mass is 252 g/mol. The van der Waals surface area contributed by atoms with Gasteiger partial charge in [-0.1, -0.05) is 0 Å². The number of carbonyl (C=O) groups is 1. The van der Waals surface area contributed by atoms with Crippen molar-refractivity contribution in [2.45, 2.75) is 39.2 Å². The molecule has 1 aliphatic heterocycles. The largest absolute Gasteiger partial charge is 0.344 e. The van der Waals surface area contributed by atoms with Crippen LogP contribution in [0.15, 0.2) is 18.2 Å². The first-order valence-electron chi connectivity index (χ1n) is 6.73. The van der Waals surface area contributed by atoms with E-state index in [1.54, 1.807) is 0 Å². The van der Waals surface area contributed by atoms with Gasteiger partial charge in [0.05, 0.1) is 11.6 Å². The van der Waals surface area contributed by atoms with Crippen molar-refractivity contribution in [1.82, 2.24) is 4.57 Å². The molecule has 2 aromatic rings. The Morgan fingerprint density at radius 1 is 1.37 bits per heavy atom. The first-order chi connectivity index (χ1) is 9.20. The molecule has 3 rings (SSSR count). The third kappa shape index (κ3) is 1.94. The van der Waals surface area contributed by atoms with Crippen LogP contribution in [0.4, 0.5) is 0 Å². The van der Waals surface area contributed by atoms with Crippen molar-refractivity contribution in [1.29, 1.82) is 5.26 Å². The lowest BCUT2D eigenvalue weighted by Gasteiger charge is -2.17. The summed E-state index contributed by atoms with van der Waals surface area (Å²) in [6.45, 7) is 2.81. The number of hydrogen-bond donors (Lipinski definition) is 0. The van der Waals surface area contributed by atoms with E-state index < -0.39 is 0 Å². The van der Waals surface area contributed by atoms with Crippen LogP contribution in [0, 0.1) is 18.3 Å². The maximum Gasteiger partial charge on any atom is 0.166 e. The number of unbranched alkanes of at least 4 members (excludes halogenated alkanes) is 1. The van der Waals surface area contributed by atoms with Gasteiger partial charge in [-0.15, -0.1) is 0 Å². The Morgan fingerprint density at radius 2 is 2.21 bits per heavy atom. The number of nitriles is 1. The lowest BCUT2D eigenvalue weighted by Crippen LogP contribution is -2.16. The average Bonchev–Trinajstić information content (AvgIpc) is 2.72. The fraction of sp³-hybridized carbons (Fsp3) is 0.375. The number of hydrogen-bond acceptors (Lipinski definition) is 2. The summed E-state index contributed by atoms with van der Waals surface area (Å²) in [5.74, 6) is 0.253. The summed E-state index contributed by atoms with van der Waals surface area (Å²) in [5.41, 5.74) is 4.35. The molecule has 1 aromatic carbocycles. The second-order valence-electron chi connectivity index (χ2n) is 5.22. The molecule has 1 aromatic heterocycles. The van der Waals surface area contributed by atoms with Gasteiger partial charge in [-0.25, -0.2) is 0 Å². The molecule has 3 heteroatoms. The number of aromatic nitrogens is 1. The summed E-state index contributed by atoms with van der Waals surface area (Å²) in [5, 5.41) is 9.80. The van der Waals surface area contributed by atoms with Crippen molar-refractivity contribution >= 4 is 16.7 Å². The van der Waals surface area contributed by atoms with Gasteiger partial charge in [0, 0.05) is 36.0 Å². The zero-order valence-corrected chi connectivity index (χ0v) is 11.1. The van der Waals surface area contributed by atoms with Crippen LogP contribution in [0.5, 0.6) is 0 Å². The number of benzene rings is 1. The number of carbonyl (C=O) groups excluding carboxylic acids is 1. The predicted octanol–water partition coefficient (Wildman–Crippen LogP) is 3.38. The van der Waals surface area contributed by atoms with E-state index in [1.807, 2.05) is 13.0 Å². The Hall–Kier alpha value is -2.08. The molecule has 0 aliphatic carbocycles. The molecule has 0 bridgehead atoms. The molecular weight excluding hydrogens is 236 g/mol. The highest BCUT2D eigenvalue weighted by atomic mass is 16.1. The Balaban J connectivity index is 2.13. The maximum atomic E-state index is 12.0. The third-order valence-electron chi connectivity index (χ3n) is 3.81. The van der Waals surface area contributed by atoms with E-state index in [2.05, 4.69) is 22.8 Å². The van der Waals surface area contributed by atoms with Gasteiger partial charge in [0.1, 0.15) is 0 Å². The van der Waals surface area contributed by atoms with Crippen molar-refractivity contribution in [2.24, 2.45) is 0 Å². The normalized spacial score (nSPS) is 13.8. The molecule has 0 fully saturated rings. The number of rotatable bonds is 3. The minimum absolute atomic E-state index is 0.253. The lowest BCUT2D eigenvalue weighted by atomic mass is 10.00. The summed E-state index contributed by atoms with van der Waals surface area (Å²) in [6.07, 6.45) is 2.97. The molecule has 1 aliphatic rings. The molecule has 0 unspecified atom stereocenters. The van der Waals surface area contributed by atoms with Crippen LogP contribution in [0.3, 0.4) is 0 Å². The maximum absolute atomic E-state index is 12.0. The van der Waals surface area contributed by atoms with Gasteiger partial charge in [-0.3, -0.25) is 4.79 Å². The van der Waals surface area contributed by atoms with Gasteiger partial charge in [0.15, 0.2) is 5.78 Å². The zero-order chi connectivity index (χ0) is 13.4. The van der Waals surface area contributed by atoms with Crippen LogP contribution in [0.25, 0.3) is 10.9 Å². The SMILES string of the molecule is Cc1cc2c3c(c1)cc(CCCC#N)n3CCC2=O. The van der Waals surface area contributed by atoms with Crippen LogP contribution in [-0.2, 0) is 13.0 Å². The standard InChI is InChI=1S/C16H16N2O/c1-11-8-12-10-13(4-2-3-6-17)18-7-5-15(19)14(9-11)16(12)18/h8-10H,2-5,7H2,1H3. The fourth-order valence-electron chi connectivity index (χ4n) is 2.99. The van der Waals surface area contributed by atoms with Crippen molar-refractivity contribution in [3.8, 4) is 6.07 Å². The van der Waals surface area contributed by atoms with Gasteiger partial charge < -0.3 is 4.57 Å². The van der Waals surface area contributed by atoms with Crippen LogP contribution in [-0.4, -0.2) is 10.4 Å². The zero-order valence-electron chi connectivity index (χ0n) is 11.1. The lowest BCUT2D eigenvalue weighted by molar-refractivity contribution is 0.0973. The van der Waals surface area contributed by atoms with Crippen LogP contribution < -0.4 is 0 Å². The number of aryl methyl sites for hydroxylation is 3. The minimum Gasteiger partial charge on any atom is -0.344 e. The summed E-state index contributed by atoms with van der Waals surface area (Å²) in [7, 11) is 0. The summed E-state index contributed by atoms with van der Waals surface area (Å²) < 4.78 is 2.27. The second kappa shape index (κ2) is 4.55. The second-order valence-corrected chi connectivity index (χ2v) is 5.22. The first kappa shape index (κ1) is 12.0. The topological polar surface area (TPSA) is 45.8 Å². The van der Waals surface area contributed by atoms with E-state index >= 15 is 0 Å². The Bertz CT molecular complexity index is 704. The molecule has 0 atom stereocenters. The summed E-state index contributed by atoms with van der Waals surface area (Å²) in [4.78, 5) is 12.0. The highest BCUT2D eigenvalue weighted by Gasteiger charge is 2.22.